The second-order valence-corrected chi connectivity index (χ2v) is 6.07. The Morgan fingerprint density at radius 3 is 3.04 bits per heavy atom. The monoisotopic (exact) mass is 315 g/mol. The van der Waals surface area contributed by atoms with E-state index in [1.165, 1.54) is 0 Å². The van der Waals surface area contributed by atoms with Crippen LogP contribution in [0.1, 0.15) is 26.5 Å². The SMILES string of the molecule is CCn1ncc2cc3nc(c21)/C=C\COC(C)(C)CNC(=O)N3. The van der Waals surface area contributed by atoms with Crippen LogP contribution in [0.4, 0.5) is 10.6 Å². The quantitative estimate of drug-likeness (QED) is 0.846. The number of nitrogens with zero attached hydrogens (tertiary/aromatic N) is 3. The number of pyridine rings is 1. The van der Waals surface area contributed by atoms with E-state index in [0.717, 1.165) is 23.1 Å². The summed E-state index contributed by atoms with van der Waals surface area (Å²) in [7, 11) is 0. The summed E-state index contributed by atoms with van der Waals surface area (Å²) in [6.45, 7) is 7.52. The van der Waals surface area contributed by atoms with Crippen LogP contribution in [0.25, 0.3) is 17.0 Å². The molecule has 2 aromatic rings. The number of carbonyl (C=O) groups is 1. The van der Waals surface area contributed by atoms with Crippen LogP contribution in [0.2, 0.25) is 0 Å². The lowest BCUT2D eigenvalue weighted by Gasteiger charge is -2.25. The van der Waals surface area contributed by atoms with Gasteiger partial charge >= 0.3 is 6.03 Å². The summed E-state index contributed by atoms with van der Waals surface area (Å²) in [4.78, 5) is 16.6. The van der Waals surface area contributed by atoms with Crippen molar-refractivity contribution < 1.29 is 9.53 Å². The highest BCUT2D eigenvalue weighted by molar-refractivity contribution is 5.93. The van der Waals surface area contributed by atoms with Crippen molar-refractivity contribution in [3.05, 3.63) is 24.0 Å². The first-order valence-electron chi connectivity index (χ1n) is 7.70. The molecular formula is C16H21N5O2. The van der Waals surface area contributed by atoms with Gasteiger partial charge in [0.2, 0.25) is 0 Å². The van der Waals surface area contributed by atoms with Crippen LogP contribution in [0.15, 0.2) is 18.3 Å². The number of hydrogen-bond donors (Lipinski definition) is 2. The smallest absolute Gasteiger partial charge is 0.320 e. The molecule has 2 bridgehead atoms. The Morgan fingerprint density at radius 1 is 1.43 bits per heavy atom. The van der Waals surface area contributed by atoms with Crippen molar-refractivity contribution in [1.82, 2.24) is 20.1 Å². The van der Waals surface area contributed by atoms with Crippen molar-refractivity contribution in [2.75, 3.05) is 18.5 Å². The Hall–Kier alpha value is -2.41. The molecule has 0 radical (unpaired) electrons. The van der Waals surface area contributed by atoms with E-state index in [4.69, 9.17) is 4.74 Å². The minimum atomic E-state index is -0.442. The van der Waals surface area contributed by atoms with E-state index >= 15 is 0 Å². The summed E-state index contributed by atoms with van der Waals surface area (Å²) in [5.41, 5.74) is 1.27. The molecule has 2 N–H and O–H groups in total. The predicted molar refractivity (Wildman–Crippen MR) is 89.3 cm³/mol. The van der Waals surface area contributed by atoms with Crippen molar-refractivity contribution in [1.29, 1.82) is 0 Å². The minimum Gasteiger partial charge on any atom is -0.370 e. The third kappa shape index (κ3) is 3.34. The molecule has 0 atom stereocenters. The number of fused-ring (bicyclic) bond motifs is 4. The van der Waals surface area contributed by atoms with Crippen molar-refractivity contribution in [2.45, 2.75) is 32.9 Å². The molecule has 0 aromatic carbocycles. The average molecular weight is 315 g/mol. The van der Waals surface area contributed by atoms with Crippen LogP contribution in [-0.4, -0.2) is 39.5 Å². The third-order valence-corrected chi connectivity index (χ3v) is 3.71. The number of urea groups is 1. The molecule has 1 aliphatic rings. The van der Waals surface area contributed by atoms with E-state index < -0.39 is 5.60 Å². The number of rotatable bonds is 1. The lowest BCUT2D eigenvalue weighted by Crippen LogP contribution is -2.42. The summed E-state index contributed by atoms with van der Waals surface area (Å²) in [5, 5.41) is 10.9. The first kappa shape index (κ1) is 15.5. The molecule has 0 saturated heterocycles. The molecule has 3 heterocycles. The van der Waals surface area contributed by atoms with Gasteiger partial charge in [-0.25, -0.2) is 9.78 Å². The average Bonchev–Trinajstić information content (AvgIpc) is 2.92. The second kappa shape index (κ2) is 6.00. The lowest BCUT2D eigenvalue weighted by molar-refractivity contribution is 0.00267. The molecule has 0 unspecified atom stereocenters. The highest BCUT2D eigenvalue weighted by Gasteiger charge is 2.20. The van der Waals surface area contributed by atoms with Crippen LogP contribution in [0, 0.1) is 0 Å². The van der Waals surface area contributed by atoms with Crippen molar-refractivity contribution >= 4 is 28.8 Å². The van der Waals surface area contributed by atoms with E-state index in [0.29, 0.717) is 19.0 Å². The van der Waals surface area contributed by atoms with E-state index in [9.17, 15) is 4.79 Å². The molecule has 7 heteroatoms. The Morgan fingerprint density at radius 2 is 2.26 bits per heavy atom. The molecule has 0 aliphatic carbocycles. The molecule has 2 aromatic heterocycles. The molecular weight excluding hydrogens is 294 g/mol. The van der Waals surface area contributed by atoms with Crippen molar-refractivity contribution in [2.24, 2.45) is 0 Å². The van der Waals surface area contributed by atoms with Crippen molar-refractivity contribution in [3.8, 4) is 0 Å². The maximum Gasteiger partial charge on any atom is 0.320 e. The van der Waals surface area contributed by atoms with E-state index in [1.807, 2.05) is 43.7 Å². The number of amides is 2. The third-order valence-electron chi connectivity index (χ3n) is 3.71. The van der Waals surface area contributed by atoms with E-state index in [1.54, 1.807) is 6.20 Å². The summed E-state index contributed by atoms with van der Waals surface area (Å²) >= 11 is 0. The molecule has 23 heavy (non-hydrogen) atoms. The summed E-state index contributed by atoms with van der Waals surface area (Å²) in [5.74, 6) is 0.504. The highest BCUT2D eigenvalue weighted by atomic mass is 16.5. The second-order valence-electron chi connectivity index (χ2n) is 6.07. The van der Waals surface area contributed by atoms with E-state index in [-0.39, 0.29) is 6.03 Å². The Labute approximate surface area is 134 Å². The van der Waals surface area contributed by atoms with Gasteiger partial charge in [0.1, 0.15) is 5.82 Å². The normalized spacial score (nSPS) is 19.3. The minimum absolute atomic E-state index is 0.299. The number of nitrogens with one attached hydrogen (secondary N) is 2. The first-order valence-corrected chi connectivity index (χ1v) is 7.70. The zero-order valence-electron chi connectivity index (χ0n) is 13.6. The molecule has 122 valence electrons. The van der Waals surface area contributed by atoms with Crippen molar-refractivity contribution in [3.63, 3.8) is 0 Å². The topological polar surface area (TPSA) is 81.1 Å². The number of ether oxygens (including phenoxy) is 1. The largest absolute Gasteiger partial charge is 0.370 e. The van der Waals surface area contributed by atoms with Crippen LogP contribution >= 0.6 is 0 Å². The highest BCUT2D eigenvalue weighted by Crippen LogP contribution is 2.22. The van der Waals surface area contributed by atoms with Gasteiger partial charge < -0.3 is 10.1 Å². The van der Waals surface area contributed by atoms with Gasteiger partial charge in [-0.3, -0.25) is 10.00 Å². The standard InChI is InChI=1S/C16H21N5O2/c1-4-21-14-11(9-18-21)8-13-19-12(14)6-5-7-23-16(2,3)10-17-15(22)20-13/h5-6,8-9H,4,7,10H2,1-3H3,(H2,17,19,20,22)/b6-5-. The summed E-state index contributed by atoms with van der Waals surface area (Å²) < 4.78 is 7.68. The van der Waals surface area contributed by atoms with Crippen LogP contribution < -0.4 is 10.6 Å². The van der Waals surface area contributed by atoms with Gasteiger partial charge in [-0.1, -0.05) is 6.08 Å². The Balaban J connectivity index is 2.06. The summed E-state index contributed by atoms with van der Waals surface area (Å²) in [6, 6.07) is 1.53. The molecule has 2 amide bonds. The van der Waals surface area contributed by atoms with Gasteiger partial charge in [-0.2, -0.15) is 5.10 Å². The number of hydrogen-bond acceptors (Lipinski definition) is 4. The van der Waals surface area contributed by atoms with Gasteiger partial charge in [0, 0.05) is 18.5 Å². The van der Waals surface area contributed by atoms with E-state index in [2.05, 4.69) is 20.7 Å². The number of aryl methyl sites for hydroxylation is 1. The predicted octanol–water partition coefficient (Wildman–Crippen LogP) is 2.39. The fourth-order valence-electron chi connectivity index (χ4n) is 2.51. The zero-order chi connectivity index (χ0) is 16.4. The molecule has 3 rings (SSSR count). The van der Waals surface area contributed by atoms with Crippen LogP contribution in [0.5, 0.6) is 0 Å². The van der Waals surface area contributed by atoms with Gasteiger partial charge in [0.15, 0.2) is 0 Å². The van der Waals surface area contributed by atoms with Crippen LogP contribution in [-0.2, 0) is 11.3 Å². The zero-order valence-corrected chi connectivity index (χ0v) is 13.6. The Kier molecular flexibility index (Phi) is 4.04. The number of aromatic nitrogens is 3. The fourth-order valence-corrected chi connectivity index (χ4v) is 2.51. The molecule has 1 aliphatic heterocycles. The first-order chi connectivity index (χ1) is 11.0. The van der Waals surface area contributed by atoms with Gasteiger partial charge in [0.25, 0.3) is 0 Å². The van der Waals surface area contributed by atoms with Gasteiger partial charge in [-0.05, 0) is 32.9 Å². The fraction of sp³-hybridized carbons (Fsp3) is 0.438. The van der Waals surface area contributed by atoms with Gasteiger partial charge in [-0.15, -0.1) is 0 Å². The molecule has 0 saturated carbocycles. The lowest BCUT2D eigenvalue weighted by atomic mass is 10.1. The number of anilines is 1. The molecule has 0 fully saturated rings. The summed E-state index contributed by atoms with van der Waals surface area (Å²) in [6.07, 6.45) is 5.63. The number of carbonyl (C=O) groups excluding carboxylic acids is 1. The Bertz CT molecular complexity index is 763. The molecule has 7 nitrogen and oxygen atoms in total. The van der Waals surface area contributed by atoms with Crippen LogP contribution in [0.3, 0.4) is 0 Å². The van der Waals surface area contributed by atoms with Gasteiger partial charge in [0.05, 0.1) is 29.6 Å². The maximum absolute atomic E-state index is 12.0. The maximum atomic E-state index is 12.0. The molecule has 0 spiro atoms.